The van der Waals surface area contributed by atoms with Gasteiger partial charge in [0.05, 0.1) is 0 Å². The van der Waals surface area contributed by atoms with Crippen molar-refractivity contribution >= 4 is 11.8 Å². The van der Waals surface area contributed by atoms with Gasteiger partial charge in [0.25, 0.3) is 0 Å². The van der Waals surface area contributed by atoms with E-state index >= 15 is 0 Å². The lowest BCUT2D eigenvalue weighted by atomic mass is 9.97. The first-order chi connectivity index (χ1) is 11.6. The maximum absolute atomic E-state index is 13.0. The van der Waals surface area contributed by atoms with Gasteiger partial charge in [0.2, 0.25) is 11.8 Å². The Kier molecular flexibility index (Phi) is 5.19. The molecule has 1 N–H and O–H groups in total. The van der Waals surface area contributed by atoms with Crippen molar-refractivity contribution in [1.29, 1.82) is 0 Å². The monoisotopic (exact) mass is 330 g/mol. The van der Waals surface area contributed by atoms with Gasteiger partial charge < -0.3 is 15.0 Å². The second-order valence-corrected chi connectivity index (χ2v) is 7.01. The highest BCUT2D eigenvalue weighted by atomic mass is 16.5. The smallest absolute Gasteiger partial charge is 0.249 e. The molecule has 5 heteroatoms. The van der Waals surface area contributed by atoms with Crippen molar-refractivity contribution < 1.29 is 14.3 Å². The average Bonchev–Trinajstić information content (AvgIpc) is 3.13. The molecule has 0 aliphatic carbocycles. The van der Waals surface area contributed by atoms with Crippen LogP contribution in [0.4, 0.5) is 0 Å². The molecule has 0 aromatic heterocycles. The third-order valence-corrected chi connectivity index (χ3v) is 4.89. The van der Waals surface area contributed by atoms with Crippen LogP contribution in [-0.2, 0) is 27.3 Å². The number of ether oxygens (including phenoxy) is 1. The van der Waals surface area contributed by atoms with Gasteiger partial charge in [0.1, 0.15) is 12.1 Å². The molecule has 3 rings (SSSR count). The molecule has 2 aliphatic rings. The van der Waals surface area contributed by atoms with Crippen LogP contribution in [0, 0.1) is 5.92 Å². The van der Waals surface area contributed by atoms with E-state index in [1.54, 1.807) is 0 Å². The second kappa shape index (κ2) is 7.34. The van der Waals surface area contributed by atoms with Gasteiger partial charge in [0, 0.05) is 19.7 Å². The first-order valence-corrected chi connectivity index (χ1v) is 8.84. The number of rotatable bonds is 4. The van der Waals surface area contributed by atoms with Crippen molar-refractivity contribution in [2.45, 2.75) is 51.8 Å². The van der Waals surface area contributed by atoms with Crippen molar-refractivity contribution in [3.05, 3.63) is 35.4 Å². The van der Waals surface area contributed by atoms with E-state index in [9.17, 15) is 9.59 Å². The number of hydrogen-bond acceptors (Lipinski definition) is 3. The minimum atomic E-state index is -0.494. The van der Waals surface area contributed by atoms with Crippen LogP contribution in [0.25, 0.3) is 0 Å². The molecule has 2 amide bonds. The van der Waals surface area contributed by atoms with Crippen LogP contribution >= 0.6 is 0 Å². The van der Waals surface area contributed by atoms with Crippen LogP contribution < -0.4 is 5.32 Å². The van der Waals surface area contributed by atoms with Crippen molar-refractivity contribution in [2.24, 2.45) is 5.92 Å². The number of hydrogen-bond donors (Lipinski definition) is 1. The summed E-state index contributed by atoms with van der Waals surface area (Å²) in [4.78, 5) is 27.2. The second-order valence-electron chi connectivity index (χ2n) is 7.01. The Labute approximate surface area is 143 Å². The maximum atomic E-state index is 13.0. The number of benzene rings is 1. The average molecular weight is 330 g/mol. The Hall–Kier alpha value is -1.88. The number of carbonyl (C=O) groups is 2. The summed E-state index contributed by atoms with van der Waals surface area (Å²) in [6, 6.07) is 7.74. The van der Waals surface area contributed by atoms with E-state index in [4.69, 9.17) is 4.74 Å². The molecule has 1 unspecified atom stereocenters. The molecular weight excluding hydrogens is 304 g/mol. The van der Waals surface area contributed by atoms with Crippen LogP contribution in [0.3, 0.4) is 0 Å². The van der Waals surface area contributed by atoms with Crippen LogP contribution in [-0.4, -0.2) is 42.0 Å². The summed E-state index contributed by atoms with van der Waals surface area (Å²) in [7, 11) is 0. The fraction of sp³-hybridized carbons (Fsp3) is 0.579. The number of amides is 2. The van der Waals surface area contributed by atoms with E-state index in [1.165, 1.54) is 11.1 Å². The largest absolute Gasteiger partial charge is 0.368 e. The lowest BCUT2D eigenvalue weighted by molar-refractivity contribution is -0.141. The van der Waals surface area contributed by atoms with E-state index < -0.39 is 12.1 Å². The molecule has 0 bridgehead atoms. The Morgan fingerprint density at radius 3 is 2.67 bits per heavy atom. The van der Waals surface area contributed by atoms with Gasteiger partial charge in [-0.2, -0.15) is 0 Å². The minimum Gasteiger partial charge on any atom is -0.368 e. The highest BCUT2D eigenvalue weighted by Gasteiger charge is 2.33. The molecule has 1 aromatic rings. The Morgan fingerprint density at radius 2 is 2.00 bits per heavy atom. The van der Waals surface area contributed by atoms with E-state index in [0.717, 1.165) is 19.3 Å². The molecule has 0 saturated carbocycles. The van der Waals surface area contributed by atoms with Crippen LogP contribution in [0.2, 0.25) is 0 Å². The van der Waals surface area contributed by atoms with Gasteiger partial charge >= 0.3 is 0 Å². The summed E-state index contributed by atoms with van der Waals surface area (Å²) in [5, 5.41) is 2.92. The van der Waals surface area contributed by atoms with Crippen LogP contribution in [0.1, 0.15) is 37.8 Å². The Morgan fingerprint density at radius 1 is 1.25 bits per heavy atom. The number of nitrogens with one attached hydrogen (secondary N) is 1. The summed E-state index contributed by atoms with van der Waals surface area (Å²) in [6.07, 6.45) is 2.11. The van der Waals surface area contributed by atoms with E-state index in [0.29, 0.717) is 19.7 Å². The zero-order chi connectivity index (χ0) is 17.1. The number of nitrogens with zero attached hydrogens (tertiary/aromatic N) is 1. The summed E-state index contributed by atoms with van der Waals surface area (Å²) >= 11 is 0. The fourth-order valence-electron chi connectivity index (χ4n) is 3.42. The van der Waals surface area contributed by atoms with Gasteiger partial charge in [-0.3, -0.25) is 9.59 Å². The maximum Gasteiger partial charge on any atom is 0.249 e. The molecule has 2 aliphatic heterocycles. The first-order valence-electron chi connectivity index (χ1n) is 8.84. The topological polar surface area (TPSA) is 58.6 Å². The number of carbonyl (C=O) groups excluding carboxylic acids is 2. The highest BCUT2D eigenvalue weighted by Crippen LogP contribution is 2.20. The van der Waals surface area contributed by atoms with Gasteiger partial charge in [-0.25, -0.2) is 0 Å². The standard InChI is InChI=1S/C19H26N2O3/c1-13(2)17(20-18(22)16-8-5-11-24-16)19(23)21-10-9-14-6-3-4-7-15(14)12-21/h3-4,6-7,13,16-17H,5,8-12H2,1-2H3,(H,20,22)/t16?,17-/m1/s1. The van der Waals surface area contributed by atoms with Crippen LogP contribution in [0.15, 0.2) is 24.3 Å². The molecule has 5 nitrogen and oxygen atoms in total. The summed E-state index contributed by atoms with van der Waals surface area (Å²) < 4.78 is 5.43. The molecule has 24 heavy (non-hydrogen) atoms. The van der Waals surface area contributed by atoms with E-state index in [1.807, 2.05) is 30.9 Å². The molecule has 130 valence electrons. The van der Waals surface area contributed by atoms with Gasteiger partial charge in [-0.15, -0.1) is 0 Å². The minimum absolute atomic E-state index is 0.00542. The fourth-order valence-corrected chi connectivity index (χ4v) is 3.42. The van der Waals surface area contributed by atoms with Crippen LogP contribution in [0.5, 0.6) is 0 Å². The summed E-state index contributed by atoms with van der Waals surface area (Å²) in [5.41, 5.74) is 2.51. The zero-order valence-electron chi connectivity index (χ0n) is 14.5. The van der Waals surface area contributed by atoms with Crippen molar-refractivity contribution in [1.82, 2.24) is 10.2 Å². The van der Waals surface area contributed by atoms with Crippen molar-refractivity contribution in [2.75, 3.05) is 13.2 Å². The molecule has 1 aromatic carbocycles. The lowest BCUT2D eigenvalue weighted by Gasteiger charge is -2.33. The normalized spacial score (nSPS) is 21.5. The molecular formula is C19H26N2O3. The van der Waals surface area contributed by atoms with E-state index in [2.05, 4.69) is 17.4 Å². The molecule has 1 fully saturated rings. The zero-order valence-corrected chi connectivity index (χ0v) is 14.5. The molecule has 2 atom stereocenters. The third-order valence-electron chi connectivity index (χ3n) is 4.89. The SMILES string of the molecule is CC(C)[C@@H](NC(=O)C1CCCO1)C(=O)N1CCc2ccccc2C1. The van der Waals surface area contributed by atoms with Gasteiger partial charge in [-0.1, -0.05) is 38.1 Å². The van der Waals surface area contributed by atoms with E-state index in [-0.39, 0.29) is 17.7 Å². The Balaban J connectivity index is 1.67. The van der Waals surface area contributed by atoms with Gasteiger partial charge in [-0.05, 0) is 36.3 Å². The van der Waals surface area contributed by atoms with Crippen molar-refractivity contribution in [3.63, 3.8) is 0 Å². The molecule has 0 spiro atoms. The lowest BCUT2D eigenvalue weighted by Crippen LogP contribution is -2.54. The Bertz CT molecular complexity index is 608. The molecule has 0 radical (unpaired) electrons. The number of fused-ring (bicyclic) bond motifs is 1. The predicted octanol–water partition coefficient (Wildman–Crippen LogP) is 1.89. The van der Waals surface area contributed by atoms with Crippen molar-refractivity contribution in [3.8, 4) is 0 Å². The molecule has 2 heterocycles. The summed E-state index contributed by atoms with van der Waals surface area (Å²) in [5.74, 6) is -0.108. The quantitative estimate of drug-likeness (QED) is 0.917. The first kappa shape index (κ1) is 17.0. The van der Waals surface area contributed by atoms with Gasteiger partial charge in [0.15, 0.2) is 0 Å². The molecule has 1 saturated heterocycles. The third kappa shape index (κ3) is 3.61. The highest BCUT2D eigenvalue weighted by molar-refractivity contribution is 5.89. The summed E-state index contributed by atoms with van der Waals surface area (Å²) in [6.45, 7) is 5.89. The predicted molar refractivity (Wildman–Crippen MR) is 91.3 cm³/mol.